The molecule has 0 heterocycles. The van der Waals surface area contributed by atoms with Crippen LogP contribution in [0.15, 0.2) is 24.3 Å². The molecular formula is C11H14O4. The molecule has 0 amide bonds. The van der Waals surface area contributed by atoms with Crippen LogP contribution in [0.2, 0.25) is 0 Å². The molecule has 4 heteroatoms. The van der Waals surface area contributed by atoms with E-state index in [-0.39, 0.29) is 13.2 Å². The number of ether oxygens (including phenoxy) is 2. The van der Waals surface area contributed by atoms with E-state index in [1.807, 2.05) is 31.2 Å². The molecule has 1 aromatic carbocycles. The first-order chi connectivity index (χ1) is 7.22. The third-order valence-corrected chi connectivity index (χ3v) is 1.70. The van der Waals surface area contributed by atoms with E-state index in [1.54, 1.807) is 0 Å². The highest BCUT2D eigenvalue weighted by Gasteiger charge is 1.99. The molecule has 1 rings (SSSR count). The van der Waals surface area contributed by atoms with Gasteiger partial charge >= 0.3 is 5.97 Å². The fourth-order valence-corrected chi connectivity index (χ4v) is 1.15. The molecule has 0 aliphatic rings. The summed E-state index contributed by atoms with van der Waals surface area (Å²) in [6, 6.07) is 7.41. The van der Waals surface area contributed by atoms with Gasteiger partial charge in [0.05, 0.1) is 13.2 Å². The molecule has 0 aliphatic heterocycles. The van der Waals surface area contributed by atoms with Crippen LogP contribution in [0.3, 0.4) is 0 Å². The zero-order valence-electron chi connectivity index (χ0n) is 8.60. The summed E-state index contributed by atoms with van der Waals surface area (Å²) >= 11 is 0. The van der Waals surface area contributed by atoms with Gasteiger partial charge in [0, 0.05) is 0 Å². The zero-order valence-corrected chi connectivity index (χ0v) is 8.60. The van der Waals surface area contributed by atoms with Crippen molar-refractivity contribution in [2.24, 2.45) is 0 Å². The lowest BCUT2D eigenvalue weighted by Gasteiger charge is -2.05. The van der Waals surface area contributed by atoms with Crippen molar-refractivity contribution >= 4 is 5.97 Å². The second kappa shape index (κ2) is 6.03. The Kier molecular flexibility index (Phi) is 4.63. The lowest BCUT2D eigenvalue weighted by molar-refractivity contribution is -0.142. The normalized spacial score (nSPS) is 9.93. The van der Waals surface area contributed by atoms with E-state index < -0.39 is 5.97 Å². The van der Waals surface area contributed by atoms with Crippen LogP contribution in [0.25, 0.3) is 0 Å². The van der Waals surface area contributed by atoms with E-state index in [9.17, 15) is 4.79 Å². The van der Waals surface area contributed by atoms with Crippen molar-refractivity contribution in [3.63, 3.8) is 0 Å². The molecule has 0 radical (unpaired) electrons. The summed E-state index contributed by atoms with van der Waals surface area (Å²) in [6.45, 7) is 2.53. The quantitative estimate of drug-likeness (QED) is 0.776. The van der Waals surface area contributed by atoms with Gasteiger partial charge in [-0.15, -0.1) is 0 Å². The first-order valence-corrected chi connectivity index (χ1v) is 4.73. The van der Waals surface area contributed by atoms with Crippen molar-refractivity contribution in [1.82, 2.24) is 0 Å². The van der Waals surface area contributed by atoms with Gasteiger partial charge in [-0.3, -0.25) is 0 Å². The van der Waals surface area contributed by atoms with Gasteiger partial charge in [-0.25, -0.2) is 4.79 Å². The van der Waals surface area contributed by atoms with E-state index in [2.05, 4.69) is 0 Å². The summed E-state index contributed by atoms with van der Waals surface area (Å²) in [5.74, 6) is -0.190. The third kappa shape index (κ3) is 4.46. The van der Waals surface area contributed by atoms with Gasteiger partial charge in [0.2, 0.25) is 0 Å². The number of carbonyl (C=O) groups is 1. The topological polar surface area (TPSA) is 55.8 Å². The number of hydrogen-bond acceptors (Lipinski definition) is 3. The maximum atomic E-state index is 10.2. The second-order valence-electron chi connectivity index (χ2n) is 2.97. The van der Waals surface area contributed by atoms with Gasteiger partial charge in [-0.2, -0.15) is 0 Å². The van der Waals surface area contributed by atoms with Gasteiger partial charge < -0.3 is 14.6 Å². The molecule has 82 valence electrons. The monoisotopic (exact) mass is 210 g/mol. The Morgan fingerprint density at radius 3 is 2.93 bits per heavy atom. The molecule has 0 spiro atoms. The summed E-state index contributed by atoms with van der Waals surface area (Å²) < 4.78 is 10.3. The highest BCUT2D eigenvalue weighted by atomic mass is 16.5. The lowest BCUT2D eigenvalue weighted by Crippen LogP contribution is -2.06. The van der Waals surface area contributed by atoms with Gasteiger partial charge in [-0.1, -0.05) is 12.1 Å². The molecule has 0 saturated carbocycles. The summed E-state index contributed by atoms with van der Waals surface area (Å²) in [5.41, 5.74) is 0.905. The van der Waals surface area contributed by atoms with Crippen molar-refractivity contribution in [2.75, 3.05) is 13.2 Å². The Morgan fingerprint density at radius 2 is 2.27 bits per heavy atom. The van der Waals surface area contributed by atoms with Crippen LogP contribution in [-0.2, 0) is 16.1 Å². The Labute approximate surface area is 88.4 Å². The van der Waals surface area contributed by atoms with E-state index in [1.165, 1.54) is 0 Å². The maximum absolute atomic E-state index is 10.2. The summed E-state index contributed by atoms with van der Waals surface area (Å²) in [4.78, 5) is 10.2. The molecular weight excluding hydrogens is 196 g/mol. The van der Waals surface area contributed by atoms with Crippen molar-refractivity contribution in [3.05, 3.63) is 29.8 Å². The summed E-state index contributed by atoms with van der Waals surface area (Å²) in [6.07, 6.45) is 0. The number of aliphatic carboxylic acids is 1. The first-order valence-electron chi connectivity index (χ1n) is 4.73. The Balaban J connectivity index is 2.46. The molecule has 0 unspecified atom stereocenters. The number of benzene rings is 1. The molecule has 15 heavy (non-hydrogen) atoms. The van der Waals surface area contributed by atoms with E-state index in [4.69, 9.17) is 14.6 Å². The molecule has 0 aliphatic carbocycles. The second-order valence-corrected chi connectivity index (χ2v) is 2.97. The highest BCUT2D eigenvalue weighted by Crippen LogP contribution is 2.13. The average molecular weight is 210 g/mol. The highest BCUT2D eigenvalue weighted by molar-refractivity contribution is 5.67. The van der Waals surface area contributed by atoms with E-state index >= 15 is 0 Å². The zero-order chi connectivity index (χ0) is 11.1. The number of carboxylic acids is 1. The summed E-state index contributed by atoms with van der Waals surface area (Å²) in [7, 11) is 0. The van der Waals surface area contributed by atoms with Gasteiger partial charge in [0.1, 0.15) is 12.4 Å². The van der Waals surface area contributed by atoms with E-state index in [0.29, 0.717) is 6.61 Å². The predicted molar refractivity (Wildman–Crippen MR) is 54.9 cm³/mol. The minimum Gasteiger partial charge on any atom is -0.494 e. The Bertz CT molecular complexity index is 322. The average Bonchev–Trinajstić information content (AvgIpc) is 2.18. The van der Waals surface area contributed by atoms with Crippen molar-refractivity contribution < 1.29 is 19.4 Å². The summed E-state index contributed by atoms with van der Waals surface area (Å²) in [5, 5.41) is 8.38. The molecule has 1 aromatic rings. The number of hydrogen-bond donors (Lipinski definition) is 1. The molecule has 0 saturated heterocycles. The maximum Gasteiger partial charge on any atom is 0.329 e. The van der Waals surface area contributed by atoms with E-state index in [0.717, 1.165) is 11.3 Å². The van der Waals surface area contributed by atoms with Gasteiger partial charge in [-0.05, 0) is 24.6 Å². The number of carboxylic acid groups (broad SMARTS) is 1. The fourth-order valence-electron chi connectivity index (χ4n) is 1.15. The molecule has 0 bridgehead atoms. The van der Waals surface area contributed by atoms with Gasteiger partial charge in [0.25, 0.3) is 0 Å². The van der Waals surface area contributed by atoms with Crippen LogP contribution in [0, 0.1) is 0 Å². The number of rotatable bonds is 6. The molecule has 1 N–H and O–H groups in total. The lowest BCUT2D eigenvalue weighted by atomic mass is 10.2. The SMILES string of the molecule is CCOc1cccc(COCC(=O)O)c1. The molecule has 0 fully saturated rings. The van der Waals surface area contributed by atoms with Crippen molar-refractivity contribution in [2.45, 2.75) is 13.5 Å². The first kappa shape index (κ1) is 11.5. The molecule has 4 nitrogen and oxygen atoms in total. The van der Waals surface area contributed by atoms with Crippen LogP contribution < -0.4 is 4.74 Å². The van der Waals surface area contributed by atoms with Crippen LogP contribution in [0.4, 0.5) is 0 Å². The van der Waals surface area contributed by atoms with Crippen molar-refractivity contribution in [3.8, 4) is 5.75 Å². The standard InChI is InChI=1S/C11H14O4/c1-2-15-10-5-3-4-9(6-10)7-14-8-11(12)13/h3-6H,2,7-8H2,1H3,(H,12,13). The smallest absolute Gasteiger partial charge is 0.329 e. The Morgan fingerprint density at radius 1 is 1.47 bits per heavy atom. The molecule has 0 aromatic heterocycles. The largest absolute Gasteiger partial charge is 0.494 e. The fraction of sp³-hybridized carbons (Fsp3) is 0.364. The van der Waals surface area contributed by atoms with Gasteiger partial charge in [0.15, 0.2) is 0 Å². The minimum atomic E-state index is -0.962. The van der Waals surface area contributed by atoms with Crippen LogP contribution >= 0.6 is 0 Å². The van der Waals surface area contributed by atoms with Crippen LogP contribution in [0.5, 0.6) is 5.75 Å². The third-order valence-electron chi connectivity index (χ3n) is 1.70. The Hall–Kier alpha value is -1.55. The van der Waals surface area contributed by atoms with Crippen LogP contribution in [0.1, 0.15) is 12.5 Å². The predicted octanol–water partition coefficient (Wildman–Crippen LogP) is 1.69. The van der Waals surface area contributed by atoms with Crippen LogP contribution in [-0.4, -0.2) is 24.3 Å². The minimum absolute atomic E-state index is 0.279. The van der Waals surface area contributed by atoms with Crippen molar-refractivity contribution in [1.29, 1.82) is 0 Å². The molecule has 0 atom stereocenters.